The van der Waals surface area contributed by atoms with E-state index in [0.717, 1.165) is 28.9 Å². The van der Waals surface area contributed by atoms with Crippen LogP contribution in [0.2, 0.25) is 0 Å². The van der Waals surface area contributed by atoms with Crippen LogP contribution in [0.3, 0.4) is 0 Å². The Kier molecular flexibility index (Phi) is 6.06. The Morgan fingerprint density at radius 1 is 1.10 bits per heavy atom. The van der Waals surface area contributed by atoms with Crippen LogP contribution in [-0.4, -0.2) is 34.9 Å². The highest BCUT2D eigenvalue weighted by Gasteiger charge is 2.28. The van der Waals surface area contributed by atoms with Gasteiger partial charge in [-0.15, -0.1) is 0 Å². The second kappa shape index (κ2) is 8.38. The number of nitrogens with one attached hydrogen (secondary N) is 1. The molecule has 0 unspecified atom stereocenters. The van der Waals surface area contributed by atoms with Gasteiger partial charge in [-0.2, -0.15) is 0 Å². The Bertz CT molecular complexity index is 1010. The molecule has 30 heavy (non-hydrogen) atoms. The zero-order chi connectivity index (χ0) is 21.9. The van der Waals surface area contributed by atoms with Crippen LogP contribution in [0.25, 0.3) is 11.0 Å². The van der Waals surface area contributed by atoms with Gasteiger partial charge in [-0.25, -0.2) is 4.79 Å². The summed E-state index contributed by atoms with van der Waals surface area (Å²) in [5.74, 6) is 0.841. The molecule has 0 aliphatic carbocycles. The quantitative estimate of drug-likeness (QED) is 0.629. The first-order valence-corrected chi connectivity index (χ1v) is 10.1. The molecule has 0 fully saturated rings. The third-order valence-electron chi connectivity index (χ3n) is 4.95. The van der Waals surface area contributed by atoms with Crippen LogP contribution in [0.4, 0.5) is 4.79 Å². The zero-order valence-corrected chi connectivity index (χ0v) is 18.7. The Morgan fingerprint density at radius 2 is 1.80 bits per heavy atom. The number of amides is 1. The second-order valence-corrected chi connectivity index (χ2v) is 9.13. The van der Waals surface area contributed by atoms with Gasteiger partial charge < -0.3 is 19.4 Å². The van der Waals surface area contributed by atoms with E-state index in [1.54, 1.807) is 13.3 Å². The van der Waals surface area contributed by atoms with E-state index in [1.165, 1.54) is 5.56 Å². The number of aromatic nitrogens is 2. The minimum Gasteiger partial charge on any atom is -0.497 e. The van der Waals surface area contributed by atoms with Crippen molar-refractivity contribution in [1.29, 1.82) is 0 Å². The molecular weight excluding hydrogens is 378 g/mol. The predicted octanol–water partition coefficient (Wildman–Crippen LogP) is 4.90. The molecule has 0 saturated heterocycles. The van der Waals surface area contributed by atoms with Gasteiger partial charge in [0.2, 0.25) is 0 Å². The first-order valence-electron chi connectivity index (χ1n) is 10.1. The summed E-state index contributed by atoms with van der Waals surface area (Å²) in [6.07, 6.45) is 3.53. The van der Waals surface area contributed by atoms with Crippen molar-refractivity contribution in [3.63, 3.8) is 0 Å². The van der Waals surface area contributed by atoms with Gasteiger partial charge in [0.1, 0.15) is 11.4 Å². The number of nitrogens with zero attached hydrogens (tertiary/aromatic N) is 2. The highest BCUT2D eigenvalue weighted by atomic mass is 16.6. The van der Waals surface area contributed by atoms with Crippen LogP contribution >= 0.6 is 0 Å². The van der Waals surface area contributed by atoms with E-state index in [9.17, 15) is 4.79 Å². The summed E-state index contributed by atoms with van der Waals surface area (Å²) in [6.45, 7) is 10.9. The number of carbonyl (C=O) groups excluding carboxylic acids is 1. The fraction of sp³-hybridized carbons (Fsp3) is 0.417. The molecule has 6 heteroatoms. The summed E-state index contributed by atoms with van der Waals surface area (Å²) in [6, 6.07) is 12.1. The molecule has 160 valence electrons. The van der Waals surface area contributed by atoms with E-state index in [-0.39, 0.29) is 5.41 Å². The summed E-state index contributed by atoms with van der Waals surface area (Å²) in [5, 5.41) is 2.90. The molecule has 0 atom stereocenters. The van der Waals surface area contributed by atoms with E-state index in [0.29, 0.717) is 6.54 Å². The molecule has 0 aliphatic heterocycles. The fourth-order valence-corrected chi connectivity index (χ4v) is 3.38. The molecule has 3 aromatic rings. The average Bonchev–Trinajstić information content (AvgIpc) is 3.05. The van der Waals surface area contributed by atoms with Crippen molar-refractivity contribution in [2.45, 2.75) is 52.2 Å². The Labute approximate surface area is 178 Å². The topological polar surface area (TPSA) is 65.4 Å². The number of fused-ring (bicyclic) bond motifs is 1. The monoisotopic (exact) mass is 409 g/mol. The third-order valence-corrected chi connectivity index (χ3v) is 4.95. The van der Waals surface area contributed by atoms with Gasteiger partial charge in [-0.1, -0.05) is 26.0 Å². The van der Waals surface area contributed by atoms with Gasteiger partial charge in [0.05, 0.1) is 18.1 Å². The van der Waals surface area contributed by atoms with Crippen molar-refractivity contribution >= 4 is 17.1 Å². The number of pyridine rings is 1. The summed E-state index contributed by atoms with van der Waals surface area (Å²) < 4.78 is 12.8. The van der Waals surface area contributed by atoms with Crippen molar-refractivity contribution in [3.05, 3.63) is 59.9 Å². The zero-order valence-electron chi connectivity index (χ0n) is 18.7. The molecular formula is C24H31N3O3. The summed E-state index contributed by atoms with van der Waals surface area (Å²) in [5.41, 5.74) is 3.42. The van der Waals surface area contributed by atoms with Crippen molar-refractivity contribution < 1.29 is 14.3 Å². The minimum atomic E-state index is -0.524. The lowest BCUT2D eigenvalue weighted by Crippen LogP contribution is -2.39. The molecule has 1 N–H and O–H groups in total. The number of methoxy groups -OCH3 is 1. The number of hydrogen-bond donors (Lipinski definition) is 1. The standard InChI is InChI=1S/C24H31N3O3/c1-23(2,3)30-22(28)26-16-24(4,5)19-15-27(20-8-7-13-25-21(19)20)14-17-9-11-18(29-6)12-10-17/h7-13,15H,14,16H2,1-6H3,(H,26,28). The van der Waals surface area contributed by atoms with Crippen LogP contribution < -0.4 is 10.1 Å². The lowest BCUT2D eigenvalue weighted by atomic mass is 9.85. The van der Waals surface area contributed by atoms with Gasteiger partial charge in [-0.3, -0.25) is 4.98 Å². The van der Waals surface area contributed by atoms with Gasteiger partial charge in [0.25, 0.3) is 0 Å². The molecule has 0 spiro atoms. The number of rotatable bonds is 6. The molecule has 0 radical (unpaired) electrons. The van der Waals surface area contributed by atoms with Crippen LogP contribution in [0.1, 0.15) is 45.7 Å². The smallest absolute Gasteiger partial charge is 0.407 e. The molecule has 3 rings (SSSR count). The fourth-order valence-electron chi connectivity index (χ4n) is 3.38. The molecule has 0 aliphatic rings. The van der Waals surface area contributed by atoms with Crippen LogP contribution in [0, 0.1) is 0 Å². The van der Waals surface area contributed by atoms with E-state index in [1.807, 2.05) is 39.0 Å². The molecule has 1 amide bonds. The van der Waals surface area contributed by atoms with Crippen LogP contribution in [0.5, 0.6) is 5.75 Å². The highest BCUT2D eigenvalue weighted by Crippen LogP contribution is 2.31. The second-order valence-electron chi connectivity index (χ2n) is 9.13. The van der Waals surface area contributed by atoms with Crippen molar-refractivity contribution in [2.75, 3.05) is 13.7 Å². The Hall–Kier alpha value is -3.02. The van der Waals surface area contributed by atoms with Gasteiger partial charge in [0.15, 0.2) is 0 Å². The molecule has 0 saturated carbocycles. The van der Waals surface area contributed by atoms with E-state index < -0.39 is 11.7 Å². The Balaban J connectivity index is 1.85. The molecule has 0 bridgehead atoms. The summed E-state index contributed by atoms with van der Waals surface area (Å²) >= 11 is 0. The molecule has 2 aromatic heterocycles. The first-order chi connectivity index (χ1) is 14.1. The predicted molar refractivity (Wildman–Crippen MR) is 119 cm³/mol. The van der Waals surface area contributed by atoms with Gasteiger partial charge >= 0.3 is 6.09 Å². The number of hydrogen-bond acceptors (Lipinski definition) is 4. The van der Waals surface area contributed by atoms with E-state index >= 15 is 0 Å². The van der Waals surface area contributed by atoms with Gasteiger partial charge in [-0.05, 0) is 50.6 Å². The average molecular weight is 410 g/mol. The lowest BCUT2D eigenvalue weighted by molar-refractivity contribution is 0.0517. The number of alkyl carbamates (subject to hydrolysis) is 1. The van der Waals surface area contributed by atoms with Crippen LogP contribution in [0.15, 0.2) is 48.8 Å². The van der Waals surface area contributed by atoms with Crippen molar-refractivity contribution in [3.8, 4) is 5.75 Å². The lowest BCUT2D eigenvalue weighted by Gasteiger charge is -2.26. The first kappa shape index (κ1) is 21.7. The number of carbonyl (C=O) groups is 1. The van der Waals surface area contributed by atoms with E-state index in [4.69, 9.17) is 9.47 Å². The molecule has 2 heterocycles. The van der Waals surface area contributed by atoms with Crippen LogP contribution in [-0.2, 0) is 16.7 Å². The maximum absolute atomic E-state index is 12.1. The molecule has 6 nitrogen and oxygen atoms in total. The van der Waals surface area contributed by atoms with Gasteiger partial charge in [0, 0.05) is 36.5 Å². The maximum Gasteiger partial charge on any atom is 0.407 e. The molecule has 1 aromatic carbocycles. The number of ether oxygens (including phenoxy) is 2. The van der Waals surface area contributed by atoms with E-state index in [2.05, 4.69) is 53.1 Å². The number of benzene rings is 1. The third kappa shape index (κ3) is 5.12. The normalized spacial score (nSPS) is 12.1. The SMILES string of the molecule is COc1ccc(Cn2cc(C(C)(C)CNC(=O)OC(C)(C)C)c3ncccc32)cc1. The minimum absolute atomic E-state index is 0.325. The summed E-state index contributed by atoms with van der Waals surface area (Å²) in [7, 11) is 1.67. The summed E-state index contributed by atoms with van der Waals surface area (Å²) in [4.78, 5) is 16.8. The highest BCUT2D eigenvalue weighted by molar-refractivity contribution is 5.81. The maximum atomic E-state index is 12.1. The van der Waals surface area contributed by atoms with Crippen molar-refractivity contribution in [1.82, 2.24) is 14.9 Å². The van der Waals surface area contributed by atoms with Crippen molar-refractivity contribution in [2.24, 2.45) is 0 Å². The largest absolute Gasteiger partial charge is 0.497 e. The Morgan fingerprint density at radius 3 is 2.43 bits per heavy atom.